The lowest BCUT2D eigenvalue weighted by atomic mass is 9.99. The molecule has 1 fully saturated rings. The number of carbonyl (C=O) groups is 1. The number of anilines is 1. The number of amides is 1. The molecule has 196 valence electrons. The second kappa shape index (κ2) is 10.3. The largest absolute Gasteiger partial charge is 0.573 e. The molecule has 0 unspecified atom stereocenters. The maximum atomic E-state index is 13.0. The third kappa shape index (κ3) is 5.53. The highest BCUT2D eigenvalue weighted by atomic mass is 35.5. The Balaban J connectivity index is 1.47. The second-order valence-corrected chi connectivity index (χ2v) is 8.63. The van der Waals surface area contributed by atoms with Crippen LogP contribution in [0.5, 0.6) is 5.75 Å². The summed E-state index contributed by atoms with van der Waals surface area (Å²) in [6.45, 7) is -0.270. The van der Waals surface area contributed by atoms with Crippen LogP contribution in [-0.4, -0.2) is 48.9 Å². The second-order valence-electron chi connectivity index (χ2n) is 8.20. The summed E-state index contributed by atoms with van der Waals surface area (Å²) in [6.07, 6.45) is -5.02. The lowest BCUT2D eigenvalue weighted by Crippen LogP contribution is -2.31. The number of aliphatic hydroxyl groups is 1. The van der Waals surface area contributed by atoms with E-state index in [1.807, 2.05) is 0 Å². The van der Waals surface area contributed by atoms with E-state index >= 15 is 0 Å². The monoisotopic (exact) mass is 546 g/mol. The third-order valence-electron chi connectivity index (χ3n) is 5.66. The molecule has 0 aliphatic carbocycles. The molecule has 3 heterocycles. The first-order valence-corrected chi connectivity index (χ1v) is 11.5. The highest BCUT2D eigenvalue weighted by molar-refractivity contribution is 6.30. The normalized spacial score (nSPS) is 17.5. The van der Waals surface area contributed by atoms with E-state index in [2.05, 4.69) is 25.1 Å². The first-order chi connectivity index (χ1) is 18.2. The number of benzene rings is 2. The van der Waals surface area contributed by atoms with Crippen LogP contribution in [-0.2, 0) is 17.9 Å². The van der Waals surface area contributed by atoms with Crippen molar-refractivity contribution in [1.82, 2.24) is 25.2 Å². The minimum Gasteiger partial charge on any atom is -0.441 e. The smallest absolute Gasteiger partial charge is 0.441 e. The van der Waals surface area contributed by atoms with Gasteiger partial charge < -0.3 is 14.6 Å². The number of cyclic esters (lactones) is 1. The first-order valence-electron chi connectivity index (χ1n) is 11.2. The molecular formula is C24H18ClF3N6O4. The molecule has 2 aromatic carbocycles. The van der Waals surface area contributed by atoms with Crippen molar-refractivity contribution in [2.75, 3.05) is 4.90 Å². The van der Waals surface area contributed by atoms with E-state index in [0.29, 0.717) is 27.5 Å². The van der Waals surface area contributed by atoms with Crippen molar-refractivity contribution < 1.29 is 32.5 Å². The fourth-order valence-corrected chi connectivity index (χ4v) is 4.17. The number of hydrogen-bond donors (Lipinski definition) is 1. The van der Waals surface area contributed by atoms with Gasteiger partial charge in [-0.05, 0) is 59.3 Å². The van der Waals surface area contributed by atoms with Crippen LogP contribution in [0.1, 0.15) is 17.3 Å². The van der Waals surface area contributed by atoms with Crippen LogP contribution < -0.4 is 9.64 Å². The average Bonchev–Trinajstić information content (AvgIpc) is 3.48. The van der Waals surface area contributed by atoms with Gasteiger partial charge in [-0.1, -0.05) is 23.7 Å². The summed E-state index contributed by atoms with van der Waals surface area (Å²) >= 11 is 5.99. The minimum absolute atomic E-state index is 0.0556. The van der Waals surface area contributed by atoms with Crippen molar-refractivity contribution in [2.24, 2.45) is 0 Å². The number of aromatic nitrogens is 5. The van der Waals surface area contributed by atoms with Crippen LogP contribution in [0.4, 0.5) is 23.7 Å². The molecule has 1 N–H and O–H groups in total. The van der Waals surface area contributed by atoms with E-state index in [0.717, 1.165) is 6.07 Å². The highest BCUT2D eigenvalue weighted by Gasteiger charge is 2.44. The zero-order chi connectivity index (χ0) is 26.9. The van der Waals surface area contributed by atoms with Gasteiger partial charge in [0.15, 0.2) is 0 Å². The number of pyridine rings is 1. The summed E-state index contributed by atoms with van der Waals surface area (Å²) in [5.41, 5.74) is 1.78. The van der Waals surface area contributed by atoms with Gasteiger partial charge in [0.2, 0.25) is 5.82 Å². The van der Waals surface area contributed by atoms with Gasteiger partial charge in [-0.15, -0.1) is 23.4 Å². The molecule has 0 bridgehead atoms. The Bertz CT molecular complexity index is 1430. The molecule has 1 saturated heterocycles. The van der Waals surface area contributed by atoms with Crippen LogP contribution in [0.2, 0.25) is 5.02 Å². The van der Waals surface area contributed by atoms with Crippen molar-refractivity contribution in [3.63, 3.8) is 0 Å². The standard InChI is InChI=1S/C24H18ClF3N6O4/c25-16-5-8-18(9-6-16)34-21(14-2-1-3-19(10-14)38-24(26,27)28)20(37-23(34)36)12-33-31-22(30-32-33)15-4-7-17(13-35)29-11-15/h1-11,20-21,35H,12-13H2/t20-,21-/m0/s1. The Morgan fingerprint density at radius 2 is 1.89 bits per heavy atom. The minimum atomic E-state index is -4.89. The predicted molar refractivity (Wildman–Crippen MR) is 127 cm³/mol. The number of alkyl halides is 3. The number of carbonyl (C=O) groups excluding carboxylic acids is 1. The molecule has 5 rings (SSSR count). The Hall–Kier alpha value is -4.23. The molecule has 14 heteroatoms. The summed E-state index contributed by atoms with van der Waals surface area (Å²) in [6, 6.07) is 14.1. The SMILES string of the molecule is O=C1O[C@@H](Cn2nnc(-c3ccc(CO)nc3)n2)[C@H](c2cccc(OC(F)(F)F)c2)N1c1ccc(Cl)cc1. The molecule has 1 aliphatic rings. The number of tetrazole rings is 1. The molecule has 10 nitrogen and oxygen atoms in total. The van der Waals surface area contributed by atoms with E-state index in [9.17, 15) is 18.0 Å². The topological polar surface area (TPSA) is 115 Å². The van der Waals surface area contributed by atoms with E-state index in [1.165, 1.54) is 28.0 Å². The lowest BCUT2D eigenvalue weighted by Gasteiger charge is -2.25. The van der Waals surface area contributed by atoms with Crippen molar-refractivity contribution in [2.45, 2.75) is 31.7 Å². The maximum Gasteiger partial charge on any atom is 0.573 e. The number of rotatable bonds is 7. The van der Waals surface area contributed by atoms with Gasteiger partial charge in [0, 0.05) is 22.5 Å². The summed E-state index contributed by atoms with van der Waals surface area (Å²) in [5.74, 6) is -0.192. The Labute approximate surface area is 218 Å². The summed E-state index contributed by atoms with van der Waals surface area (Å²) in [5, 5.41) is 22.0. The Kier molecular flexibility index (Phi) is 6.87. The van der Waals surface area contributed by atoms with Crippen LogP contribution >= 0.6 is 11.6 Å². The van der Waals surface area contributed by atoms with Crippen LogP contribution in [0.25, 0.3) is 11.4 Å². The summed E-state index contributed by atoms with van der Waals surface area (Å²) in [4.78, 5) is 19.6. The zero-order valence-corrected chi connectivity index (χ0v) is 20.0. The fraction of sp³-hybridized carbons (Fsp3) is 0.208. The number of hydrogen-bond acceptors (Lipinski definition) is 8. The molecule has 38 heavy (non-hydrogen) atoms. The van der Waals surface area contributed by atoms with Crippen molar-refractivity contribution in [3.05, 3.63) is 83.1 Å². The molecule has 2 atom stereocenters. The van der Waals surface area contributed by atoms with Crippen molar-refractivity contribution in [3.8, 4) is 17.1 Å². The van der Waals surface area contributed by atoms with Gasteiger partial charge in [0.1, 0.15) is 24.4 Å². The van der Waals surface area contributed by atoms with Gasteiger partial charge in [-0.2, -0.15) is 4.80 Å². The quantitative estimate of drug-likeness (QED) is 0.359. The van der Waals surface area contributed by atoms with Crippen LogP contribution in [0.15, 0.2) is 66.9 Å². The Morgan fingerprint density at radius 1 is 1.11 bits per heavy atom. The molecule has 1 amide bonds. The van der Waals surface area contributed by atoms with Gasteiger partial charge in [0.25, 0.3) is 0 Å². The zero-order valence-electron chi connectivity index (χ0n) is 19.3. The highest BCUT2D eigenvalue weighted by Crippen LogP contribution is 2.39. The molecule has 0 saturated carbocycles. The van der Waals surface area contributed by atoms with E-state index in [4.69, 9.17) is 21.4 Å². The third-order valence-corrected chi connectivity index (χ3v) is 5.91. The van der Waals surface area contributed by atoms with Crippen molar-refractivity contribution in [1.29, 1.82) is 0 Å². The van der Waals surface area contributed by atoms with Crippen molar-refractivity contribution >= 4 is 23.4 Å². The Morgan fingerprint density at radius 3 is 2.58 bits per heavy atom. The summed E-state index contributed by atoms with van der Waals surface area (Å²) in [7, 11) is 0. The van der Waals surface area contributed by atoms with Gasteiger partial charge in [-0.25, -0.2) is 4.79 Å². The molecule has 2 aromatic heterocycles. The van der Waals surface area contributed by atoms with Crippen LogP contribution in [0.3, 0.4) is 0 Å². The predicted octanol–water partition coefficient (Wildman–Crippen LogP) is 4.55. The average molecular weight is 547 g/mol. The van der Waals surface area contributed by atoms with Gasteiger partial charge in [-0.3, -0.25) is 9.88 Å². The van der Waals surface area contributed by atoms with E-state index in [1.54, 1.807) is 42.5 Å². The number of ether oxygens (including phenoxy) is 2. The number of halogens is 4. The first kappa shape index (κ1) is 25.4. The summed E-state index contributed by atoms with van der Waals surface area (Å²) < 4.78 is 48.3. The van der Waals surface area contributed by atoms with Crippen LogP contribution in [0, 0.1) is 0 Å². The molecular weight excluding hydrogens is 529 g/mol. The van der Waals surface area contributed by atoms with Gasteiger partial charge in [0.05, 0.1) is 12.3 Å². The number of aliphatic hydroxyl groups excluding tert-OH is 1. The van der Waals surface area contributed by atoms with E-state index in [-0.39, 0.29) is 19.0 Å². The fourth-order valence-electron chi connectivity index (χ4n) is 4.04. The van der Waals surface area contributed by atoms with E-state index < -0.39 is 30.4 Å². The lowest BCUT2D eigenvalue weighted by molar-refractivity contribution is -0.274. The number of nitrogens with zero attached hydrogens (tertiary/aromatic N) is 6. The molecule has 0 radical (unpaired) electrons. The molecule has 1 aliphatic heterocycles. The molecule has 4 aromatic rings. The molecule has 0 spiro atoms. The maximum absolute atomic E-state index is 13.0. The van der Waals surface area contributed by atoms with Gasteiger partial charge >= 0.3 is 12.5 Å².